The minimum atomic E-state index is 0.359. The molecule has 0 saturated heterocycles. The van der Waals surface area contributed by atoms with E-state index in [0.717, 1.165) is 30.3 Å². The predicted octanol–water partition coefficient (Wildman–Crippen LogP) is 10.5. The summed E-state index contributed by atoms with van der Waals surface area (Å²) in [6.45, 7) is 7.57. The number of rotatable bonds is 23. The van der Waals surface area contributed by atoms with Gasteiger partial charge in [0.25, 0.3) is 0 Å². The van der Waals surface area contributed by atoms with E-state index in [1.165, 1.54) is 127 Å². The average Bonchev–Trinajstić information content (AvgIpc) is 3.09. The van der Waals surface area contributed by atoms with E-state index >= 15 is 0 Å². The molecule has 1 heterocycles. The molecule has 0 atom stereocenters. The second kappa shape index (κ2) is 20.8. The predicted molar refractivity (Wildman–Crippen MR) is 150 cm³/mol. The Morgan fingerprint density at radius 1 is 0.697 bits per heavy atom. The molecular formula is C30H54BrNO. The van der Waals surface area contributed by atoms with Crippen LogP contribution in [0.3, 0.4) is 0 Å². The molecule has 33 heavy (non-hydrogen) atoms. The van der Waals surface area contributed by atoms with Crippen LogP contribution in [0.5, 0.6) is 0 Å². The van der Waals surface area contributed by atoms with E-state index in [2.05, 4.69) is 47.5 Å². The lowest BCUT2D eigenvalue weighted by Crippen LogP contribution is -2.05. The molecule has 0 radical (unpaired) electrons. The van der Waals surface area contributed by atoms with Crippen LogP contribution in [0.2, 0.25) is 0 Å². The topological polar surface area (TPSA) is 22.0 Å². The molecule has 0 saturated carbocycles. The zero-order valence-electron chi connectivity index (χ0n) is 22.4. The number of aromatic nitrogens is 1. The molecule has 0 aliphatic carbocycles. The minimum absolute atomic E-state index is 0.359. The van der Waals surface area contributed by atoms with Gasteiger partial charge in [0.15, 0.2) is 5.78 Å². The number of carbonyl (C=O) groups is 1. The van der Waals surface area contributed by atoms with Gasteiger partial charge in [-0.2, -0.15) is 0 Å². The summed E-state index contributed by atoms with van der Waals surface area (Å²) in [6, 6.07) is 0. The van der Waals surface area contributed by atoms with Gasteiger partial charge in [-0.3, -0.25) is 4.79 Å². The van der Waals surface area contributed by atoms with Gasteiger partial charge in [0.2, 0.25) is 0 Å². The summed E-state index contributed by atoms with van der Waals surface area (Å²) in [6.07, 6.45) is 28.4. The first-order valence-electron chi connectivity index (χ1n) is 14.4. The van der Waals surface area contributed by atoms with Crippen LogP contribution < -0.4 is 0 Å². The molecule has 0 N–H and O–H groups in total. The van der Waals surface area contributed by atoms with Crippen molar-refractivity contribution < 1.29 is 4.79 Å². The molecule has 1 aromatic heterocycles. The quantitative estimate of drug-likeness (QED) is 0.0793. The second-order valence-corrected chi connectivity index (χ2v) is 11.0. The fourth-order valence-electron chi connectivity index (χ4n) is 4.99. The average molecular weight is 525 g/mol. The first-order chi connectivity index (χ1) is 16.1. The van der Waals surface area contributed by atoms with Crippen molar-refractivity contribution in [2.75, 3.05) is 5.33 Å². The number of nitrogens with zero attached hydrogens (tertiary/aromatic N) is 1. The lowest BCUT2D eigenvalue weighted by Gasteiger charge is -2.07. The first kappa shape index (κ1) is 30.5. The number of hydrogen-bond donors (Lipinski definition) is 0. The maximum Gasteiger partial charge on any atom is 0.164 e. The maximum atomic E-state index is 12.8. The summed E-state index contributed by atoms with van der Waals surface area (Å²) in [5.41, 5.74) is 3.35. The molecule has 0 aliphatic rings. The molecule has 2 nitrogen and oxygen atoms in total. The number of halogens is 1. The van der Waals surface area contributed by atoms with Crippen molar-refractivity contribution in [1.82, 2.24) is 4.57 Å². The van der Waals surface area contributed by atoms with E-state index in [-0.39, 0.29) is 0 Å². The van der Waals surface area contributed by atoms with Crippen LogP contribution in [0.25, 0.3) is 0 Å². The molecule has 0 aliphatic heterocycles. The van der Waals surface area contributed by atoms with Crippen molar-refractivity contribution in [2.24, 2.45) is 0 Å². The zero-order valence-corrected chi connectivity index (χ0v) is 24.0. The van der Waals surface area contributed by atoms with Crippen molar-refractivity contribution in [3.05, 3.63) is 23.0 Å². The highest BCUT2D eigenvalue weighted by Gasteiger charge is 2.16. The third kappa shape index (κ3) is 14.4. The fraction of sp³-hybridized carbons (Fsp3) is 0.833. The lowest BCUT2D eigenvalue weighted by molar-refractivity contribution is 0.0978. The largest absolute Gasteiger partial charge is 0.351 e. The second-order valence-electron chi connectivity index (χ2n) is 10.2. The molecule has 0 amide bonds. The monoisotopic (exact) mass is 523 g/mol. The Morgan fingerprint density at radius 3 is 1.67 bits per heavy atom. The lowest BCUT2D eigenvalue weighted by atomic mass is 10.0. The van der Waals surface area contributed by atoms with Gasteiger partial charge < -0.3 is 4.57 Å². The van der Waals surface area contributed by atoms with Gasteiger partial charge in [-0.25, -0.2) is 0 Å². The summed E-state index contributed by atoms with van der Waals surface area (Å²) in [5.74, 6) is 0.359. The van der Waals surface area contributed by atoms with E-state index in [4.69, 9.17) is 0 Å². The summed E-state index contributed by atoms with van der Waals surface area (Å²) in [5, 5.41) is 1.10. The normalized spacial score (nSPS) is 11.4. The first-order valence-corrected chi connectivity index (χ1v) is 15.5. The summed E-state index contributed by atoms with van der Waals surface area (Å²) in [7, 11) is 0. The Balaban J connectivity index is 2.05. The number of ketones is 1. The van der Waals surface area contributed by atoms with Crippen LogP contribution in [0.4, 0.5) is 0 Å². The van der Waals surface area contributed by atoms with E-state index in [0.29, 0.717) is 5.78 Å². The van der Waals surface area contributed by atoms with Crippen LogP contribution in [0.15, 0.2) is 6.20 Å². The number of aryl methyl sites for hydroxylation is 2. The fourth-order valence-corrected chi connectivity index (χ4v) is 5.39. The number of carbonyl (C=O) groups excluding carboxylic acids is 1. The highest BCUT2D eigenvalue weighted by molar-refractivity contribution is 9.09. The minimum Gasteiger partial charge on any atom is -0.351 e. The van der Waals surface area contributed by atoms with Gasteiger partial charge in [0.05, 0.1) is 0 Å². The van der Waals surface area contributed by atoms with Gasteiger partial charge in [0.1, 0.15) is 0 Å². The Morgan fingerprint density at radius 2 is 1.15 bits per heavy atom. The third-order valence-corrected chi connectivity index (χ3v) is 7.67. The summed E-state index contributed by atoms with van der Waals surface area (Å²) >= 11 is 3.50. The number of Topliss-reactive ketones (excluding diaryl/α,β-unsaturated/α-hetero) is 1. The molecule has 0 aromatic carbocycles. The third-order valence-electron chi connectivity index (χ3n) is 7.11. The SMILES string of the molecule is CCCCCCCCCCCCCCCCCC(=O)c1c(C)cn(CCCCCCBr)c1C. The Bertz CT molecular complexity index is 607. The highest BCUT2D eigenvalue weighted by atomic mass is 79.9. The molecule has 0 spiro atoms. The van der Waals surface area contributed by atoms with E-state index in [9.17, 15) is 4.79 Å². The standard InChI is InChI=1S/C30H54BrNO/c1-4-5-6-7-8-9-10-11-12-13-14-15-16-17-20-23-29(33)30-27(2)26-32(28(30)3)25-22-19-18-21-24-31/h26H,4-25H2,1-3H3. The van der Waals surface area contributed by atoms with Crippen molar-refractivity contribution in [3.63, 3.8) is 0 Å². The van der Waals surface area contributed by atoms with Gasteiger partial charge in [-0.15, -0.1) is 0 Å². The van der Waals surface area contributed by atoms with Gasteiger partial charge in [0, 0.05) is 35.7 Å². The van der Waals surface area contributed by atoms with Crippen molar-refractivity contribution in [1.29, 1.82) is 0 Å². The molecule has 192 valence electrons. The van der Waals surface area contributed by atoms with E-state index in [1.807, 2.05) is 0 Å². The van der Waals surface area contributed by atoms with Gasteiger partial charge >= 0.3 is 0 Å². The van der Waals surface area contributed by atoms with E-state index < -0.39 is 0 Å². The molecule has 0 unspecified atom stereocenters. The molecule has 0 bridgehead atoms. The molecule has 0 fully saturated rings. The molecule has 1 rings (SSSR count). The van der Waals surface area contributed by atoms with Crippen LogP contribution in [0, 0.1) is 13.8 Å². The summed E-state index contributed by atoms with van der Waals surface area (Å²) in [4.78, 5) is 12.8. The van der Waals surface area contributed by atoms with Crippen molar-refractivity contribution >= 4 is 21.7 Å². The Kier molecular flexibility index (Phi) is 19.2. The van der Waals surface area contributed by atoms with Crippen LogP contribution in [0.1, 0.15) is 157 Å². The van der Waals surface area contributed by atoms with Gasteiger partial charge in [-0.05, 0) is 38.7 Å². The molecular weight excluding hydrogens is 470 g/mol. The number of hydrogen-bond acceptors (Lipinski definition) is 1. The van der Waals surface area contributed by atoms with Crippen molar-refractivity contribution in [2.45, 2.75) is 156 Å². The van der Waals surface area contributed by atoms with Crippen molar-refractivity contribution in [3.8, 4) is 0 Å². The number of unbranched alkanes of at least 4 members (excludes halogenated alkanes) is 17. The zero-order chi connectivity index (χ0) is 24.2. The highest BCUT2D eigenvalue weighted by Crippen LogP contribution is 2.21. The van der Waals surface area contributed by atoms with E-state index in [1.54, 1.807) is 0 Å². The maximum absolute atomic E-state index is 12.8. The number of alkyl halides is 1. The van der Waals surface area contributed by atoms with Crippen LogP contribution in [-0.4, -0.2) is 15.7 Å². The van der Waals surface area contributed by atoms with Crippen LogP contribution >= 0.6 is 15.9 Å². The smallest absolute Gasteiger partial charge is 0.164 e. The van der Waals surface area contributed by atoms with Gasteiger partial charge in [-0.1, -0.05) is 126 Å². The van der Waals surface area contributed by atoms with Crippen LogP contribution in [-0.2, 0) is 6.54 Å². The summed E-state index contributed by atoms with van der Waals surface area (Å²) < 4.78 is 2.31. The Hall–Kier alpha value is -0.570. The molecule has 3 heteroatoms. The Labute approximate surface area is 214 Å². The molecule has 1 aromatic rings.